The Balaban J connectivity index is 0.931. The minimum absolute atomic E-state index is 0.0548. The Kier molecular flexibility index (Phi) is 12.5. The van der Waals surface area contributed by atoms with Gasteiger partial charge in [-0.15, -0.1) is 17.9 Å². The van der Waals surface area contributed by atoms with Crippen molar-refractivity contribution in [2.75, 3.05) is 6.61 Å². The van der Waals surface area contributed by atoms with Crippen LogP contribution in [0.5, 0.6) is 5.75 Å². The van der Waals surface area contributed by atoms with Crippen molar-refractivity contribution in [3.8, 4) is 60.1 Å². The van der Waals surface area contributed by atoms with Crippen molar-refractivity contribution in [3.05, 3.63) is 192 Å². The number of halogens is 2. The largest absolute Gasteiger partial charge is 0.494 e. The van der Waals surface area contributed by atoms with E-state index in [2.05, 4.69) is 115 Å². The van der Waals surface area contributed by atoms with Crippen LogP contribution in [0.2, 0.25) is 0 Å². The third-order valence-electron chi connectivity index (χ3n) is 11.7. The monoisotopic (exact) mass is 822 g/mol. The number of benzene rings is 5. The summed E-state index contributed by atoms with van der Waals surface area (Å²) in [5, 5.41) is 0. The molecule has 1 aliphatic carbocycles. The number of aromatic nitrogens is 1. The molecular weight excluding hydrogens is 775 g/mol. The van der Waals surface area contributed by atoms with Gasteiger partial charge >= 0.3 is 0 Å². The molecule has 304 valence electrons. The maximum atomic E-state index is 14.5. The van der Waals surface area contributed by atoms with Gasteiger partial charge in [0.05, 0.1) is 18.9 Å². The van der Waals surface area contributed by atoms with Gasteiger partial charge in [-0.1, -0.05) is 100 Å². The number of nitrogens with zero attached hydrogens (tertiary/aromatic N) is 2. The topological polar surface area (TPSA) is 26.5 Å². The fourth-order valence-corrected chi connectivity index (χ4v) is 9.28. The molecule has 8 rings (SSSR count). The second-order valence-electron chi connectivity index (χ2n) is 16.2. The van der Waals surface area contributed by atoms with Crippen molar-refractivity contribution in [2.24, 2.45) is 0 Å². The second-order valence-corrected chi connectivity index (χ2v) is 17.3. The number of thiophene rings is 1. The van der Waals surface area contributed by atoms with Crippen molar-refractivity contribution in [1.82, 2.24) is 4.98 Å². The van der Waals surface area contributed by atoms with Crippen LogP contribution in [0.25, 0.3) is 71.0 Å². The van der Waals surface area contributed by atoms with Gasteiger partial charge in [0.15, 0.2) is 17.3 Å². The van der Waals surface area contributed by atoms with Gasteiger partial charge < -0.3 is 4.74 Å². The van der Waals surface area contributed by atoms with E-state index in [0.29, 0.717) is 11.3 Å². The lowest BCUT2D eigenvalue weighted by Crippen LogP contribution is -2.15. The van der Waals surface area contributed by atoms with Crippen LogP contribution in [0.15, 0.2) is 146 Å². The normalized spacial score (nSPS) is 12.7. The molecule has 61 heavy (non-hydrogen) atoms. The van der Waals surface area contributed by atoms with Crippen LogP contribution >= 0.6 is 11.3 Å². The highest BCUT2D eigenvalue weighted by molar-refractivity contribution is 7.18. The van der Waals surface area contributed by atoms with E-state index in [1.54, 1.807) is 18.2 Å². The molecule has 0 atom stereocenters. The number of pyridine rings is 1. The first kappa shape index (κ1) is 41.3. The molecule has 0 unspecified atom stereocenters. The lowest BCUT2D eigenvalue weighted by Gasteiger charge is -2.22. The van der Waals surface area contributed by atoms with E-state index >= 15 is 0 Å². The van der Waals surface area contributed by atoms with Gasteiger partial charge in [-0.3, -0.25) is 4.98 Å². The van der Waals surface area contributed by atoms with Gasteiger partial charge in [0.25, 0.3) is 0 Å². The molecule has 3 nitrogen and oxygen atoms in total. The molecule has 0 bridgehead atoms. The summed E-state index contributed by atoms with van der Waals surface area (Å²) >= 11 is 1.82. The maximum absolute atomic E-state index is 14.5. The predicted molar refractivity (Wildman–Crippen MR) is 250 cm³/mol. The first-order chi connectivity index (χ1) is 29.7. The first-order valence-corrected chi connectivity index (χ1v) is 21.9. The molecule has 1 aliphatic rings. The van der Waals surface area contributed by atoms with Crippen LogP contribution in [-0.2, 0) is 5.41 Å². The lowest BCUT2D eigenvalue weighted by atomic mass is 9.81. The van der Waals surface area contributed by atoms with Crippen LogP contribution in [0.4, 0.5) is 8.78 Å². The van der Waals surface area contributed by atoms with Crippen LogP contribution in [0, 0.1) is 18.2 Å². The molecule has 0 N–H and O–H groups in total. The van der Waals surface area contributed by atoms with E-state index in [1.165, 1.54) is 93.6 Å². The average molecular weight is 823 g/mol. The van der Waals surface area contributed by atoms with Gasteiger partial charge in [-0.25, -0.2) is 13.6 Å². The van der Waals surface area contributed by atoms with E-state index in [9.17, 15) is 8.78 Å². The third-order valence-corrected chi connectivity index (χ3v) is 12.9. The van der Waals surface area contributed by atoms with Crippen LogP contribution in [-0.4, -0.2) is 11.6 Å². The molecule has 0 saturated carbocycles. The summed E-state index contributed by atoms with van der Waals surface area (Å²) in [5.74, 6) is -0.972. The van der Waals surface area contributed by atoms with E-state index in [4.69, 9.17) is 11.3 Å². The van der Waals surface area contributed by atoms with Gasteiger partial charge in [0, 0.05) is 26.9 Å². The number of unbranched alkanes of at least 4 members (excludes halogenated alkanes) is 6. The van der Waals surface area contributed by atoms with Crippen LogP contribution < -0.4 is 4.74 Å². The Bertz CT molecular complexity index is 2760. The zero-order valence-corrected chi connectivity index (χ0v) is 35.5. The fraction of sp³-hybridized carbons (Fsp3) is 0.200. The Morgan fingerprint density at radius 2 is 1.34 bits per heavy atom. The Hall–Kier alpha value is -6.42. The van der Waals surface area contributed by atoms with Gasteiger partial charge in [0.1, 0.15) is 5.75 Å². The number of hydrogen-bond donors (Lipinski definition) is 0. The van der Waals surface area contributed by atoms with Crippen molar-refractivity contribution < 1.29 is 13.5 Å². The highest BCUT2D eigenvalue weighted by Crippen LogP contribution is 2.51. The van der Waals surface area contributed by atoms with E-state index < -0.39 is 11.6 Å². The predicted octanol–water partition coefficient (Wildman–Crippen LogP) is 16.1. The third kappa shape index (κ3) is 9.04. The van der Waals surface area contributed by atoms with Crippen molar-refractivity contribution >= 4 is 23.1 Å². The molecule has 0 radical (unpaired) electrons. The zero-order chi connectivity index (χ0) is 42.3. The molecule has 5 aromatic carbocycles. The fourth-order valence-electron chi connectivity index (χ4n) is 8.27. The maximum Gasteiger partial charge on any atom is 0.195 e. The lowest BCUT2D eigenvalue weighted by molar-refractivity contribution is 0.304. The molecule has 0 aliphatic heterocycles. The smallest absolute Gasteiger partial charge is 0.195 e. The molecule has 0 spiro atoms. The standard InChI is InChI=1S/C55H48F2N2OS/c1-5-6-7-8-9-10-11-12-32-60-43-24-20-39(21-25-43)52-28-29-53(61-52)42-23-27-45-44-26-22-40(34-47(44)55(2,3)48(45)35-42)38-18-16-37(17-19-38)33-50(58-4)41-30-31-59-51(36-41)46-14-13-15-49(56)54(46)57/h5,13-31,33-36H,1,6-12,32H2,2-3H3/b50-33-. The Morgan fingerprint density at radius 1 is 0.705 bits per heavy atom. The number of hydrogen-bond acceptors (Lipinski definition) is 3. The minimum Gasteiger partial charge on any atom is -0.494 e. The molecule has 7 aromatic rings. The summed E-state index contributed by atoms with van der Waals surface area (Å²) in [4.78, 5) is 10.5. The quantitative estimate of drug-likeness (QED) is 0.0551. The number of fused-ring (bicyclic) bond motifs is 3. The van der Waals surface area contributed by atoms with Crippen molar-refractivity contribution in [2.45, 2.75) is 64.2 Å². The van der Waals surface area contributed by atoms with Gasteiger partial charge in [-0.2, -0.15) is 0 Å². The highest BCUT2D eigenvalue weighted by Gasteiger charge is 2.36. The molecule has 2 heterocycles. The molecular formula is C55H48F2N2OS. The van der Waals surface area contributed by atoms with E-state index in [1.807, 2.05) is 29.5 Å². The van der Waals surface area contributed by atoms with Gasteiger partial charge in [-0.05, 0) is 154 Å². The van der Waals surface area contributed by atoms with Crippen LogP contribution in [0.1, 0.15) is 81.0 Å². The second kappa shape index (κ2) is 18.5. The van der Waals surface area contributed by atoms with Crippen molar-refractivity contribution in [3.63, 3.8) is 0 Å². The van der Waals surface area contributed by atoms with E-state index in [-0.39, 0.29) is 16.7 Å². The summed E-state index contributed by atoms with van der Waals surface area (Å²) in [5.41, 5.74) is 11.7. The number of ether oxygens (including phenoxy) is 1. The zero-order valence-electron chi connectivity index (χ0n) is 34.7. The molecule has 2 aromatic heterocycles. The summed E-state index contributed by atoms with van der Waals surface area (Å²) in [6, 6.07) is 42.1. The molecule has 0 amide bonds. The first-order valence-electron chi connectivity index (χ1n) is 21.1. The molecule has 0 fully saturated rings. The Morgan fingerprint density at radius 3 is 2.07 bits per heavy atom. The van der Waals surface area contributed by atoms with Crippen molar-refractivity contribution in [1.29, 1.82) is 0 Å². The van der Waals surface area contributed by atoms with Crippen LogP contribution in [0.3, 0.4) is 0 Å². The SMILES string of the molecule is [C-]#[N+]/C(=C\c1ccc(-c2ccc3c(c2)C(C)(C)c2cc(-c4ccc(-c5ccc(OCCCCCCCCC=C)cc5)s4)ccc2-3)cc1)c1ccnc(-c2cccc(F)c2F)c1. The summed E-state index contributed by atoms with van der Waals surface area (Å²) in [7, 11) is 0. The van der Waals surface area contributed by atoms with E-state index in [0.717, 1.165) is 48.0 Å². The Labute approximate surface area is 362 Å². The molecule has 6 heteroatoms. The number of rotatable bonds is 16. The van der Waals surface area contributed by atoms with Gasteiger partial charge in [0.2, 0.25) is 0 Å². The number of allylic oxidation sites excluding steroid dienone is 1. The highest BCUT2D eigenvalue weighted by atomic mass is 32.1. The summed E-state index contributed by atoms with van der Waals surface area (Å²) in [6.07, 6.45) is 13.8. The molecule has 0 saturated heterocycles. The summed E-state index contributed by atoms with van der Waals surface area (Å²) in [6.45, 7) is 17.1. The summed E-state index contributed by atoms with van der Waals surface area (Å²) < 4.78 is 34.5. The average Bonchev–Trinajstić information content (AvgIpc) is 3.87. The minimum atomic E-state index is -0.960.